The Labute approximate surface area is 143 Å². The summed E-state index contributed by atoms with van der Waals surface area (Å²) >= 11 is 0. The summed E-state index contributed by atoms with van der Waals surface area (Å²) in [4.78, 5) is 22.7. The van der Waals surface area contributed by atoms with E-state index in [1.165, 1.54) is 12.1 Å². The average molecular weight is 350 g/mol. The van der Waals surface area contributed by atoms with Gasteiger partial charge in [0, 0.05) is 12.2 Å². The summed E-state index contributed by atoms with van der Waals surface area (Å²) in [5, 5.41) is 4.50. The first-order chi connectivity index (χ1) is 11.7. The number of carbonyl (C=O) groups is 2. The van der Waals surface area contributed by atoms with Gasteiger partial charge in [-0.1, -0.05) is 42.0 Å². The van der Waals surface area contributed by atoms with Gasteiger partial charge in [-0.3, -0.25) is 9.59 Å². The summed E-state index contributed by atoms with van der Waals surface area (Å²) in [7, 11) is 0. The first-order valence-corrected chi connectivity index (χ1v) is 7.53. The summed E-state index contributed by atoms with van der Waals surface area (Å²) in [5.74, 6) is -2.18. The molecule has 2 aromatic carbocycles. The van der Waals surface area contributed by atoms with Crippen molar-refractivity contribution in [1.82, 2.24) is 5.32 Å². The van der Waals surface area contributed by atoms with Gasteiger partial charge in [0.1, 0.15) is 0 Å². The predicted molar refractivity (Wildman–Crippen MR) is 87.9 cm³/mol. The van der Waals surface area contributed by atoms with E-state index in [0.717, 1.165) is 11.1 Å². The van der Waals surface area contributed by atoms with Gasteiger partial charge in [-0.25, -0.2) is 0 Å². The van der Waals surface area contributed by atoms with Crippen LogP contribution in [0.4, 0.5) is 18.9 Å². The molecule has 0 heterocycles. The van der Waals surface area contributed by atoms with Crippen LogP contribution in [0.2, 0.25) is 0 Å². The van der Waals surface area contributed by atoms with Gasteiger partial charge < -0.3 is 10.6 Å². The van der Waals surface area contributed by atoms with Gasteiger partial charge in [0.25, 0.3) is 0 Å². The van der Waals surface area contributed by atoms with Crippen LogP contribution in [0.25, 0.3) is 0 Å². The molecule has 0 fully saturated rings. The maximum Gasteiger partial charge on any atom is 0.471 e. The molecule has 0 aliphatic rings. The van der Waals surface area contributed by atoms with E-state index >= 15 is 0 Å². The molecule has 2 N–H and O–H groups in total. The van der Waals surface area contributed by atoms with Crippen molar-refractivity contribution in [1.29, 1.82) is 0 Å². The number of carbonyl (C=O) groups excluding carboxylic acids is 2. The fourth-order valence-corrected chi connectivity index (χ4v) is 2.09. The summed E-state index contributed by atoms with van der Waals surface area (Å²) in [6.45, 7) is 1.72. The summed E-state index contributed by atoms with van der Waals surface area (Å²) in [6.07, 6.45) is -4.67. The minimum absolute atomic E-state index is 0.193. The number of aryl methyl sites for hydroxylation is 1. The number of amides is 2. The van der Waals surface area contributed by atoms with Crippen LogP contribution in [-0.4, -0.2) is 18.0 Å². The maximum absolute atomic E-state index is 12.1. The summed E-state index contributed by atoms with van der Waals surface area (Å²) < 4.78 is 36.3. The molecule has 132 valence electrons. The molecule has 0 radical (unpaired) electrons. The van der Waals surface area contributed by atoms with Crippen LogP contribution in [0.15, 0.2) is 48.5 Å². The lowest BCUT2D eigenvalue weighted by Gasteiger charge is -2.09. The Morgan fingerprint density at radius 2 is 1.48 bits per heavy atom. The average Bonchev–Trinajstić information content (AvgIpc) is 2.55. The van der Waals surface area contributed by atoms with Crippen LogP contribution in [0.3, 0.4) is 0 Å². The SMILES string of the molecule is Cc1ccc(CC(=O)Nc2ccc(CNC(=O)C(F)(F)F)cc2)cc1. The highest BCUT2D eigenvalue weighted by Crippen LogP contribution is 2.15. The van der Waals surface area contributed by atoms with E-state index in [-0.39, 0.29) is 18.9 Å². The second-order valence-corrected chi connectivity index (χ2v) is 5.59. The van der Waals surface area contributed by atoms with Crippen molar-refractivity contribution >= 4 is 17.5 Å². The standard InChI is InChI=1S/C18H17F3N2O2/c1-12-2-4-13(5-3-12)10-16(24)23-15-8-6-14(7-9-15)11-22-17(25)18(19,20)21/h2-9H,10-11H2,1H3,(H,22,25)(H,23,24). The summed E-state index contributed by atoms with van der Waals surface area (Å²) in [6, 6.07) is 13.8. The highest BCUT2D eigenvalue weighted by atomic mass is 19.4. The van der Waals surface area contributed by atoms with Crippen LogP contribution < -0.4 is 10.6 Å². The van der Waals surface area contributed by atoms with Gasteiger partial charge in [-0.15, -0.1) is 0 Å². The Morgan fingerprint density at radius 3 is 2.04 bits per heavy atom. The van der Waals surface area contributed by atoms with Gasteiger partial charge in [-0.05, 0) is 30.2 Å². The molecule has 2 rings (SSSR count). The fraction of sp³-hybridized carbons (Fsp3) is 0.222. The molecule has 0 atom stereocenters. The van der Waals surface area contributed by atoms with Gasteiger partial charge >= 0.3 is 12.1 Å². The van der Waals surface area contributed by atoms with Crippen molar-refractivity contribution in [3.8, 4) is 0 Å². The third-order valence-electron chi connectivity index (χ3n) is 3.43. The Balaban J connectivity index is 1.86. The van der Waals surface area contributed by atoms with E-state index < -0.39 is 12.1 Å². The molecule has 4 nitrogen and oxygen atoms in total. The highest BCUT2D eigenvalue weighted by Gasteiger charge is 2.38. The zero-order chi connectivity index (χ0) is 18.4. The molecule has 0 bridgehead atoms. The number of nitrogens with one attached hydrogen (secondary N) is 2. The predicted octanol–water partition coefficient (Wildman–Crippen LogP) is 3.35. The van der Waals surface area contributed by atoms with Crippen molar-refractivity contribution in [2.75, 3.05) is 5.32 Å². The zero-order valence-electron chi connectivity index (χ0n) is 13.5. The van der Waals surface area contributed by atoms with Crippen LogP contribution >= 0.6 is 0 Å². The quantitative estimate of drug-likeness (QED) is 0.869. The number of alkyl halides is 3. The number of benzene rings is 2. The monoisotopic (exact) mass is 350 g/mol. The smallest absolute Gasteiger partial charge is 0.344 e. The van der Waals surface area contributed by atoms with Crippen molar-refractivity contribution < 1.29 is 22.8 Å². The Morgan fingerprint density at radius 1 is 0.920 bits per heavy atom. The number of halogens is 3. The largest absolute Gasteiger partial charge is 0.471 e. The zero-order valence-corrected chi connectivity index (χ0v) is 13.5. The van der Waals surface area contributed by atoms with E-state index in [0.29, 0.717) is 11.3 Å². The Hall–Kier alpha value is -2.83. The molecule has 25 heavy (non-hydrogen) atoms. The minimum atomic E-state index is -4.90. The van der Waals surface area contributed by atoms with Gasteiger partial charge in [0.05, 0.1) is 6.42 Å². The van der Waals surface area contributed by atoms with E-state index in [4.69, 9.17) is 0 Å². The lowest BCUT2D eigenvalue weighted by Crippen LogP contribution is -2.36. The first kappa shape index (κ1) is 18.5. The van der Waals surface area contributed by atoms with Crippen molar-refractivity contribution in [2.24, 2.45) is 0 Å². The molecule has 0 saturated carbocycles. The van der Waals surface area contributed by atoms with E-state index in [2.05, 4.69) is 5.32 Å². The fourth-order valence-electron chi connectivity index (χ4n) is 2.09. The second-order valence-electron chi connectivity index (χ2n) is 5.59. The van der Waals surface area contributed by atoms with E-state index in [1.807, 2.05) is 31.2 Å². The van der Waals surface area contributed by atoms with Crippen LogP contribution in [-0.2, 0) is 22.6 Å². The molecule has 7 heteroatoms. The number of hydrogen-bond donors (Lipinski definition) is 2. The molecule has 2 amide bonds. The van der Waals surface area contributed by atoms with Crippen molar-refractivity contribution in [3.05, 3.63) is 65.2 Å². The lowest BCUT2D eigenvalue weighted by atomic mass is 10.1. The normalized spacial score (nSPS) is 11.0. The molecule has 0 aliphatic carbocycles. The number of rotatable bonds is 5. The van der Waals surface area contributed by atoms with E-state index in [1.54, 1.807) is 17.4 Å². The van der Waals surface area contributed by atoms with Crippen LogP contribution in [0.1, 0.15) is 16.7 Å². The molecular formula is C18H17F3N2O2. The highest BCUT2D eigenvalue weighted by molar-refractivity contribution is 5.92. The second kappa shape index (κ2) is 7.83. The maximum atomic E-state index is 12.1. The van der Waals surface area contributed by atoms with Crippen molar-refractivity contribution in [3.63, 3.8) is 0 Å². The van der Waals surface area contributed by atoms with Gasteiger partial charge in [-0.2, -0.15) is 13.2 Å². The minimum Gasteiger partial charge on any atom is -0.344 e. The van der Waals surface area contributed by atoms with Gasteiger partial charge in [0.15, 0.2) is 0 Å². The molecule has 0 aliphatic heterocycles. The topological polar surface area (TPSA) is 58.2 Å². The molecule has 0 saturated heterocycles. The Kier molecular flexibility index (Phi) is 5.80. The number of anilines is 1. The molecule has 0 unspecified atom stereocenters. The van der Waals surface area contributed by atoms with Crippen LogP contribution in [0, 0.1) is 6.92 Å². The third-order valence-corrected chi connectivity index (χ3v) is 3.43. The molecule has 0 spiro atoms. The molecule has 2 aromatic rings. The third kappa shape index (κ3) is 5.95. The van der Waals surface area contributed by atoms with Crippen LogP contribution in [0.5, 0.6) is 0 Å². The Bertz CT molecular complexity index is 738. The van der Waals surface area contributed by atoms with Gasteiger partial charge in [0.2, 0.25) is 5.91 Å². The molecule has 0 aromatic heterocycles. The van der Waals surface area contributed by atoms with Crippen molar-refractivity contribution in [2.45, 2.75) is 26.1 Å². The summed E-state index contributed by atoms with van der Waals surface area (Å²) in [5.41, 5.74) is 3.02. The number of hydrogen-bond acceptors (Lipinski definition) is 2. The first-order valence-electron chi connectivity index (χ1n) is 7.53. The molecular weight excluding hydrogens is 333 g/mol. The lowest BCUT2D eigenvalue weighted by molar-refractivity contribution is -0.173. The van der Waals surface area contributed by atoms with E-state index in [9.17, 15) is 22.8 Å².